The fourth-order valence-electron chi connectivity index (χ4n) is 4.79. The molecule has 2 atom stereocenters. The first kappa shape index (κ1) is 20.8. The minimum absolute atomic E-state index is 0.233. The molecule has 3 amide bonds. The molecular weight excluding hydrogens is 443 g/mol. The zero-order chi connectivity index (χ0) is 23.4. The molecule has 9 nitrogen and oxygen atoms in total. The molecule has 3 aliphatic rings. The van der Waals surface area contributed by atoms with E-state index in [0.29, 0.717) is 59.9 Å². The Kier molecular flexibility index (Phi) is 4.65. The lowest BCUT2D eigenvalue weighted by Gasteiger charge is -2.22. The number of amides is 3. The van der Waals surface area contributed by atoms with Crippen LogP contribution in [0.4, 0.5) is 9.18 Å². The molecular formula is C24H23FN4O5. The first-order chi connectivity index (χ1) is 16.5. The van der Waals surface area contributed by atoms with Crippen molar-refractivity contribution < 1.29 is 27.9 Å². The van der Waals surface area contributed by atoms with Crippen LogP contribution in [0.3, 0.4) is 0 Å². The molecule has 2 fully saturated rings. The molecule has 2 aliphatic heterocycles. The second-order valence-electron chi connectivity index (χ2n) is 8.92. The van der Waals surface area contributed by atoms with Crippen LogP contribution < -0.4 is 25.4 Å². The summed E-state index contributed by atoms with van der Waals surface area (Å²) < 4.78 is 31.5. The highest BCUT2D eigenvalue weighted by Gasteiger charge is 2.51. The molecule has 0 unspecified atom stereocenters. The third-order valence-electron chi connectivity index (χ3n) is 6.79. The van der Waals surface area contributed by atoms with Gasteiger partial charge in [0.15, 0.2) is 11.1 Å². The van der Waals surface area contributed by atoms with Gasteiger partial charge in [-0.25, -0.2) is 14.2 Å². The Labute approximate surface area is 194 Å². The van der Waals surface area contributed by atoms with Crippen molar-refractivity contribution in [3.63, 3.8) is 0 Å². The van der Waals surface area contributed by atoms with Gasteiger partial charge in [0.1, 0.15) is 28.9 Å². The Morgan fingerprint density at radius 1 is 1.32 bits per heavy atom. The van der Waals surface area contributed by atoms with E-state index in [4.69, 9.17) is 13.9 Å². The molecule has 10 heteroatoms. The molecule has 3 N–H and O–H groups in total. The average Bonchev–Trinajstić information content (AvgIpc) is 3.14. The van der Waals surface area contributed by atoms with Gasteiger partial charge in [0.05, 0.1) is 13.7 Å². The van der Waals surface area contributed by atoms with Crippen LogP contribution in [0.25, 0.3) is 11.1 Å². The van der Waals surface area contributed by atoms with Crippen molar-refractivity contribution in [2.45, 2.75) is 36.8 Å². The number of nitrogens with zero attached hydrogens (tertiary/aromatic N) is 1. The van der Waals surface area contributed by atoms with E-state index in [9.17, 15) is 14.0 Å². The van der Waals surface area contributed by atoms with Gasteiger partial charge >= 0.3 is 6.03 Å². The summed E-state index contributed by atoms with van der Waals surface area (Å²) in [7, 11) is 1.56. The van der Waals surface area contributed by atoms with Gasteiger partial charge in [-0.1, -0.05) is 6.07 Å². The van der Waals surface area contributed by atoms with Gasteiger partial charge in [0.25, 0.3) is 0 Å². The lowest BCUT2D eigenvalue weighted by molar-refractivity contribution is -0.120. The molecule has 1 aliphatic carbocycles. The molecule has 1 aromatic heterocycles. The highest BCUT2D eigenvalue weighted by Crippen LogP contribution is 2.46. The quantitative estimate of drug-likeness (QED) is 0.532. The van der Waals surface area contributed by atoms with E-state index >= 15 is 0 Å². The number of fused-ring (bicyclic) bond motifs is 2. The lowest BCUT2D eigenvalue weighted by atomic mass is 9.91. The highest BCUT2D eigenvalue weighted by atomic mass is 19.1. The van der Waals surface area contributed by atoms with Gasteiger partial charge in [-0.2, -0.15) is 0 Å². The van der Waals surface area contributed by atoms with E-state index in [1.54, 1.807) is 31.4 Å². The van der Waals surface area contributed by atoms with E-state index in [-0.39, 0.29) is 12.5 Å². The van der Waals surface area contributed by atoms with Crippen LogP contribution >= 0.6 is 0 Å². The van der Waals surface area contributed by atoms with Gasteiger partial charge < -0.3 is 29.8 Å². The molecule has 0 spiro atoms. The van der Waals surface area contributed by atoms with Crippen LogP contribution in [0, 0.1) is 5.82 Å². The number of carbonyl (C=O) groups excluding carboxylic acids is 2. The van der Waals surface area contributed by atoms with Crippen LogP contribution in [-0.4, -0.2) is 43.2 Å². The number of ether oxygens (including phenoxy) is 2. The maximum atomic E-state index is 14.8. The second kappa shape index (κ2) is 7.61. The van der Waals surface area contributed by atoms with Crippen molar-refractivity contribution in [2.24, 2.45) is 0 Å². The van der Waals surface area contributed by atoms with E-state index in [0.717, 1.165) is 5.56 Å². The van der Waals surface area contributed by atoms with Crippen LogP contribution in [0.2, 0.25) is 0 Å². The Bertz CT molecular complexity index is 1320. The average molecular weight is 466 g/mol. The van der Waals surface area contributed by atoms with Gasteiger partial charge in [0.2, 0.25) is 11.8 Å². The summed E-state index contributed by atoms with van der Waals surface area (Å²) in [6.07, 6.45) is 1.98. The van der Waals surface area contributed by atoms with E-state index in [2.05, 4.69) is 20.9 Å². The number of nitrogens with one attached hydrogen (secondary N) is 3. The van der Waals surface area contributed by atoms with Crippen molar-refractivity contribution in [3.8, 4) is 11.5 Å². The number of rotatable bonds is 5. The van der Waals surface area contributed by atoms with Gasteiger partial charge in [-0.3, -0.25) is 4.79 Å². The monoisotopic (exact) mass is 466 g/mol. The molecule has 0 bridgehead atoms. The topological polar surface area (TPSA) is 115 Å². The summed E-state index contributed by atoms with van der Waals surface area (Å²) >= 11 is 0. The number of oxazole rings is 1. The Balaban J connectivity index is 1.21. The minimum atomic E-state index is -0.908. The standard InChI is InChI=1S/C24H23FN4O5/c1-32-16-3-2-4-17-20(16)27-22(34-17)24(6-7-24)29-23(31)28-19-14(11-26-21(19)30)13-9-12-5-8-33-18(12)10-15(13)25/h2-4,9-10,14,19H,5-8,11H2,1H3,(H,26,30)(H2,28,29,31)/t14-,19-/m0/s1. The summed E-state index contributed by atoms with van der Waals surface area (Å²) in [4.78, 5) is 30.0. The molecule has 6 rings (SSSR count). The summed E-state index contributed by atoms with van der Waals surface area (Å²) in [5.74, 6) is 0.166. The predicted molar refractivity (Wildman–Crippen MR) is 118 cm³/mol. The fraction of sp³-hybridized carbons (Fsp3) is 0.375. The first-order valence-electron chi connectivity index (χ1n) is 11.2. The molecule has 34 heavy (non-hydrogen) atoms. The van der Waals surface area contributed by atoms with Crippen molar-refractivity contribution in [2.75, 3.05) is 20.3 Å². The number of para-hydroxylation sites is 1. The van der Waals surface area contributed by atoms with E-state index in [1.807, 2.05) is 0 Å². The number of hydrogen-bond acceptors (Lipinski definition) is 6. The maximum absolute atomic E-state index is 14.8. The van der Waals surface area contributed by atoms with Crippen LogP contribution in [0.1, 0.15) is 35.8 Å². The molecule has 2 aromatic carbocycles. The molecule has 0 radical (unpaired) electrons. The molecule has 1 saturated heterocycles. The number of aromatic nitrogens is 1. The predicted octanol–water partition coefficient (Wildman–Crippen LogP) is 2.48. The van der Waals surface area contributed by atoms with E-state index < -0.39 is 29.3 Å². The summed E-state index contributed by atoms with van der Waals surface area (Å²) in [6, 6.07) is 7.03. The molecule has 176 valence electrons. The largest absolute Gasteiger partial charge is 0.494 e. The highest BCUT2D eigenvalue weighted by molar-refractivity contribution is 5.90. The van der Waals surface area contributed by atoms with Crippen LogP contribution in [0.5, 0.6) is 11.5 Å². The number of hydrogen-bond donors (Lipinski definition) is 3. The molecule has 3 heterocycles. The summed E-state index contributed by atoms with van der Waals surface area (Å²) in [5.41, 5.74) is 1.69. The smallest absolute Gasteiger partial charge is 0.316 e. The van der Waals surface area contributed by atoms with E-state index in [1.165, 1.54) is 6.07 Å². The van der Waals surface area contributed by atoms with Crippen LogP contribution in [-0.2, 0) is 16.8 Å². The fourth-order valence-corrected chi connectivity index (χ4v) is 4.79. The summed E-state index contributed by atoms with van der Waals surface area (Å²) in [5, 5.41) is 8.39. The maximum Gasteiger partial charge on any atom is 0.316 e. The second-order valence-corrected chi connectivity index (χ2v) is 8.92. The first-order valence-corrected chi connectivity index (χ1v) is 11.2. The van der Waals surface area contributed by atoms with Crippen molar-refractivity contribution in [3.05, 3.63) is 53.2 Å². The Hall–Kier alpha value is -3.82. The number of urea groups is 1. The normalized spacial score (nSPS) is 22.1. The zero-order valence-corrected chi connectivity index (χ0v) is 18.4. The number of halogens is 1. The minimum Gasteiger partial charge on any atom is -0.494 e. The third-order valence-corrected chi connectivity index (χ3v) is 6.79. The molecule has 1 saturated carbocycles. The van der Waals surface area contributed by atoms with Gasteiger partial charge in [-0.15, -0.1) is 0 Å². The van der Waals surface area contributed by atoms with Crippen molar-refractivity contribution in [1.29, 1.82) is 0 Å². The zero-order valence-electron chi connectivity index (χ0n) is 18.4. The number of benzene rings is 2. The Morgan fingerprint density at radius 2 is 2.18 bits per heavy atom. The van der Waals surface area contributed by atoms with Crippen molar-refractivity contribution >= 4 is 23.0 Å². The van der Waals surface area contributed by atoms with Crippen LogP contribution in [0.15, 0.2) is 34.7 Å². The SMILES string of the molecule is COc1cccc2oc(C3(NC(=O)N[C@@H]4C(=O)NC[C@H]4c4cc5c(cc4F)OCC5)CC3)nc12. The summed E-state index contributed by atoms with van der Waals surface area (Å²) in [6.45, 7) is 0.740. The molecule has 3 aromatic rings. The Morgan fingerprint density at radius 3 is 2.97 bits per heavy atom. The lowest BCUT2D eigenvalue weighted by Crippen LogP contribution is -2.50. The van der Waals surface area contributed by atoms with Gasteiger partial charge in [-0.05, 0) is 42.2 Å². The van der Waals surface area contributed by atoms with Crippen molar-refractivity contribution in [1.82, 2.24) is 20.9 Å². The number of methoxy groups -OCH3 is 1. The third kappa shape index (κ3) is 3.32. The number of carbonyl (C=O) groups is 2. The van der Waals surface area contributed by atoms with Gasteiger partial charge in [0, 0.05) is 24.9 Å².